The van der Waals surface area contributed by atoms with Gasteiger partial charge in [0.05, 0.1) is 0 Å². The van der Waals surface area contributed by atoms with Crippen molar-refractivity contribution in [2.45, 2.75) is 0 Å². The van der Waals surface area contributed by atoms with Crippen molar-refractivity contribution >= 4 is 35.8 Å². The summed E-state index contributed by atoms with van der Waals surface area (Å²) in [6, 6.07) is 11.4. The Kier molecular flexibility index (Phi) is 4.14. The van der Waals surface area contributed by atoms with E-state index >= 15 is 0 Å². The lowest BCUT2D eigenvalue weighted by Gasteiger charge is -2.08. The molecule has 18 heavy (non-hydrogen) atoms. The van der Waals surface area contributed by atoms with Crippen molar-refractivity contribution < 1.29 is 14.8 Å². The lowest BCUT2D eigenvalue weighted by Crippen LogP contribution is -2.29. The number of rotatable bonds is 3. The van der Waals surface area contributed by atoms with E-state index in [1.807, 2.05) is 0 Å². The molecule has 0 aromatic heterocycles. The normalized spacial score (nSPS) is 10.2. The molecule has 0 atom stereocenters. The molecule has 2 rings (SSSR count). The van der Waals surface area contributed by atoms with Crippen molar-refractivity contribution in [2.24, 2.45) is 0 Å². The maximum absolute atomic E-state index is 9.10. The van der Waals surface area contributed by atoms with E-state index in [0.29, 0.717) is 21.5 Å². The SMILES string of the molecule is OB(O)c1cc(Cl)cc(Oc2ccc(Cl)cc2)c1. The zero-order valence-corrected chi connectivity index (χ0v) is 10.7. The summed E-state index contributed by atoms with van der Waals surface area (Å²) >= 11 is 11.6. The van der Waals surface area contributed by atoms with Crippen LogP contribution < -0.4 is 10.2 Å². The third-order valence-corrected chi connectivity index (χ3v) is 2.71. The molecule has 92 valence electrons. The molecule has 2 aromatic carbocycles. The van der Waals surface area contributed by atoms with Gasteiger partial charge in [0.1, 0.15) is 11.5 Å². The molecule has 3 nitrogen and oxygen atoms in total. The van der Waals surface area contributed by atoms with Crippen LogP contribution in [0.15, 0.2) is 42.5 Å². The molecule has 2 aromatic rings. The third kappa shape index (κ3) is 3.40. The Morgan fingerprint density at radius 3 is 2.11 bits per heavy atom. The van der Waals surface area contributed by atoms with E-state index in [9.17, 15) is 0 Å². The highest BCUT2D eigenvalue weighted by molar-refractivity contribution is 6.59. The Hall–Kier alpha value is -1.20. The standard InChI is InChI=1S/C12H9BCl2O3/c14-9-1-3-11(4-2-9)18-12-6-8(13(16)17)5-10(15)7-12/h1-7,16-17H. The summed E-state index contributed by atoms with van der Waals surface area (Å²) < 4.78 is 5.54. The monoisotopic (exact) mass is 282 g/mol. The van der Waals surface area contributed by atoms with E-state index in [2.05, 4.69) is 0 Å². The summed E-state index contributed by atoms with van der Waals surface area (Å²) in [5, 5.41) is 19.2. The largest absolute Gasteiger partial charge is 0.488 e. The van der Waals surface area contributed by atoms with E-state index < -0.39 is 7.12 Å². The van der Waals surface area contributed by atoms with E-state index in [-0.39, 0.29) is 5.46 Å². The summed E-state index contributed by atoms with van der Waals surface area (Å²) in [5.74, 6) is 1.01. The van der Waals surface area contributed by atoms with Crippen LogP contribution in [0.5, 0.6) is 11.5 Å². The maximum atomic E-state index is 9.10. The van der Waals surface area contributed by atoms with E-state index in [4.69, 9.17) is 38.0 Å². The highest BCUT2D eigenvalue weighted by atomic mass is 35.5. The van der Waals surface area contributed by atoms with Crippen molar-refractivity contribution in [3.63, 3.8) is 0 Å². The fraction of sp³-hybridized carbons (Fsp3) is 0. The Bertz CT molecular complexity index is 544. The molecule has 0 radical (unpaired) electrons. The summed E-state index contributed by atoms with van der Waals surface area (Å²) in [6.45, 7) is 0. The zero-order chi connectivity index (χ0) is 13.1. The number of hydrogen-bond donors (Lipinski definition) is 2. The van der Waals surface area contributed by atoms with Crippen molar-refractivity contribution in [3.8, 4) is 11.5 Å². The first-order valence-electron chi connectivity index (χ1n) is 5.14. The van der Waals surface area contributed by atoms with Gasteiger partial charge in [-0.15, -0.1) is 0 Å². The first-order valence-corrected chi connectivity index (χ1v) is 5.90. The van der Waals surface area contributed by atoms with Gasteiger partial charge < -0.3 is 14.8 Å². The zero-order valence-electron chi connectivity index (χ0n) is 9.18. The quantitative estimate of drug-likeness (QED) is 0.851. The number of ether oxygens (including phenoxy) is 1. The van der Waals surface area contributed by atoms with Crippen molar-refractivity contribution in [2.75, 3.05) is 0 Å². The second kappa shape index (κ2) is 5.63. The minimum absolute atomic E-state index is 0.270. The molecule has 0 unspecified atom stereocenters. The van der Waals surface area contributed by atoms with Crippen LogP contribution in [0.3, 0.4) is 0 Å². The summed E-state index contributed by atoms with van der Waals surface area (Å²) in [6.07, 6.45) is 0. The van der Waals surface area contributed by atoms with Gasteiger partial charge in [-0.25, -0.2) is 0 Å². The van der Waals surface area contributed by atoms with Crippen LogP contribution in [0, 0.1) is 0 Å². The first-order chi connectivity index (χ1) is 8.54. The van der Waals surface area contributed by atoms with Crippen LogP contribution in [0.1, 0.15) is 0 Å². The van der Waals surface area contributed by atoms with Crippen molar-refractivity contribution in [1.29, 1.82) is 0 Å². The smallest absolute Gasteiger partial charge is 0.457 e. The second-order valence-corrected chi connectivity index (χ2v) is 4.52. The molecule has 0 bridgehead atoms. The van der Waals surface area contributed by atoms with Crippen LogP contribution >= 0.6 is 23.2 Å². The predicted octanol–water partition coefficient (Wildman–Crippen LogP) is 2.47. The van der Waals surface area contributed by atoms with Crippen LogP contribution in [-0.4, -0.2) is 17.2 Å². The fourth-order valence-corrected chi connectivity index (χ4v) is 1.79. The van der Waals surface area contributed by atoms with Gasteiger partial charge in [-0.3, -0.25) is 0 Å². The maximum Gasteiger partial charge on any atom is 0.488 e. The van der Waals surface area contributed by atoms with Crippen molar-refractivity contribution in [1.82, 2.24) is 0 Å². The van der Waals surface area contributed by atoms with Crippen LogP contribution in [0.2, 0.25) is 10.0 Å². The summed E-state index contributed by atoms with van der Waals surface area (Å²) in [7, 11) is -1.59. The number of benzene rings is 2. The molecule has 0 spiro atoms. The lowest BCUT2D eigenvalue weighted by molar-refractivity contribution is 0.425. The molecule has 0 amide bonds. The third-order valence-electron chi connectivity index (χ3n) is 2.24. The Morgan fingerprint density at radius 1 is 0.833 bits per heavy atom. The van der Waals surface area contributed by atoms with Gasteiger partial charge in [0.25, 0.3) is 0 Å². The van der Waals surface area contributed by atoms with Gasteiger partial charge in [-0.2, -0.15) is 0 Å². The molecule has 0 saturated carbocycles. The van der Waals surface area contributed by atoms with Crippen LogP contribution in [0.25, 0.3) is 0 Å². The van der Waals surface area contributed by atoms with E-state index in [1.165, 1.54) is 12.1 Å². The van der Waals surface area contributed by atoms with Gasteiger partial charge in [0, 0.05) is 10.0 Å². The average Bonchev–Trinajstić information content (AvgIpc) is 2.31. The predicted molar refractivity (Wildman–Crippen MR) is 72.8 cm³/mol. The fourth-order valence-electron chi connectivity index (χ4n) is 1.43. The van der Waals surface area contributed by atoms with E-state index in [0.717, 1.165) is 0 Å². The minimum Gasteiger partial charge on any atom is -0.457 e. The van der Waals surface area contributed by atoms with Gasteiger partial charge >= 0.3 is 7.12 Å². The van der Waals surface area contributed by atoms with Crippen LogP contribution in [-0.2, 0) is 0 Å². The lowest BCUT2D eigenvalue weighted by atomic mass is 9.80. The Morgan fingerprint density at radius 2 is 1.50 bits per heavy atom. The molecular formula is C12H9BCl2O3. The highest BCUT2D eigenvalue weighted by Crippen LogP contribution is 2.24. The van der Waals surface area contributed by atoms with Gasteiger partial charge in [0.15, 0.2) is 0 Å². The highest BCUT2D eigenvalue weighted by Gasteiger charge is 2.13. The molecular weight excluding hydrogens is 274 g/mol. The minimum atomic E-state index is -1.59. The number of halogens is 2. The van der Waals surface area contributed by atoms with E-state index in [1.54, 1.807) is 30.3 Å². The second-order valence-electron chi connectivity index (χ2n) is 3.65. The Labute approximate surface area is 115 Å². The van der Waals surface area contributed by atoms with Crippen molar-refractivity contribution in [3.05, 3.63) is 52.5 Å². The molecule has 0 aliphatic rings. The van der Waals surface area contributed by atoms with Crippen LogP contribution in [0.4, 0.5) is 0 Å². The summed E-state index contributed by atoms with van der Waals surface area (Å²) in [5.41, 5.74) is 0.270. The molecule has 0 aliphatic heterocycles. The number of hydrogen-bond acceptors (Lipinski definition) is 3. The summed E-state index contributed by atoms with van der Waals surface area (Å²) in [4.78, 5) is 0. The molecule has 6 heteroatoms. The molecule has 0 fully saturated rings. The molecule has 0 heterocycles. The topological polar surface area (TPSA) is 49.7 Å². The van der Waals surface area contributed by atoms with Gasteiger partial charge in [0.2, 0.25) is 0 Å². The molecule has 0 saturated heterocycles. The Balaban J connectivity index is 2.26. The van der Waals surface area contributed by atoms with Gasteiger partial charge in [-0.1, -0.05) is 23.2 Å². The molecule has 0 aliphatic carbocycles. The molecule has 2 N–H and O–H groups in total. The van der Waals surface area contributed by atoms with Gasteiger partial charge in [-0.05, 0) is 47.9 Å². The first kappa shape index (κ1) is 13.2. The average molecular weight is 283 g/mol.